The average Bonchev–Trinajstić information content (AvgIpc) is 2.88. The zero-order valence-electron chi connectivity index (χ0n) is 24.6. The van der Waals surface area contributed by atoms with Gasteiger partial charge in [-0.25, -0.2) is 8.42 Å². The number of aromatic hydroxyl groups is 1. The molecule has 1 fully saturated rings. The van der Waals surface area contributed by atoms with Gasteiger partial charge >= 0.3 is 0 Å². The summed E-state index contributed by atoms with van der Waals surface area (Å²) in [7, 11) is -3.59. The maximum atomic E-state index is 13.6. The molecule has 1 saturated heterocycles. The molecule has 9 heteroatoms. The number of nitrogens with zero attached hydrogens (tertiary/aromatic N) is 2. The molecule has 2 aliphatic heterocycles. The number of benzene rings is 3. The Morgan fingerprint density at radius 2 is 1.63 bits per heavy atom. The Balaban J connectivity index is 1.49. The number of carbonyl (C=O) groups is 1. The van der Waals surface area contributed by atoms with Crippen LogP contribution in [0.15, 0.2) is 54.6 Å². The second-order valence-corrected chi connectivity index (χ2v) is 14.0. The maximum Gasteiger partial charge on any atom is 0.258 e. The molecule has 1 amide bonds. The van der Waals surface area contributed by atoms with Gasteiger partial charge in [0.15, 0.2) is 0 Å². The van der Waals surface area contributed by atoms with E-state index in [-0.39, 0.29) is 35.0 Å². The van der Waals surface area contributed by atoms with Gasteiger partial charge in [-0.1, -0.05) is 45.0 Å². The first kappa shape index (κ1) is 29.0. The molecule has 3 aromatic carbocycles. The smallest absolute Gasteiger partial charge is 0.258 e. The summed E-state index contributed by atoms with van der Waals surface area (Å²) in [5, 5.41) is 10.1. The topological polar surface area (TPSA) is 99.2 Å². The molecule has 0 bridgehead atoms. The van der Waals surface area contributed by atoms with Gasteiger partial charge in [-0.15, -0.1) is 0 Å². The van der Waals surface area contributed by atoms with Crippen molar-refractivity contribution in [2.75, 3.05) is 40.4 Å². The largest absolute Gasteiger partial charge is 0.506 e. The molecule has 0 aromatic heterocycles. The van der Waals surface area contributed by atoms with E-state index in [0.717, 1.165) is 36.0 Å². The summed E-state index contributed by atoms with van der Waals surface area (Å²) < 4.78 is 31.8. The van der Waals surface area contributed by atoms with E-state index in [4.69, 9.17) is 4.74 Å². The molecule has 2 heterocycles. The van der Waals surface area contributed by atoms with E-state index < -0.39 is 10.0 Å². The molecule has 2 aliphatic rings. The van der Waals surface area contributed by atoms with E-state index in [1.807, 2.05) is 12.1 Å². The van der Waals surface area contributed by atoms with Crippen molar-refractivity contribution in [2.24, 2.45) is 0 Å². The number of carbonyl (C=O) groups excluding carboxylic acids is 1. The van der Waals surface area contributed by atoms with Gasteiger partial charge in [-0.3, -0.25) is 9.52 Å². The van der Waals surface area contributed by atoms with Crippen LogP contribution < -0.4 is 14.5 Å². The number of hydrogen-bond donors (Lipinski definition) is 2. The summed E-state index contributed by atoms with van der Waals surface area (Å²) in [4.78, 5) is 17.6. The highest BCUT2D eigenvalue weighted by molar-refractivity contribution is 7.92. The highest BCUT2D eigenvalue weighted by Gasteiger charge is 2.29. The number of fused-ring (bicyclic) bond motifs is 1. The normalized spacial score (nSPS) is 19.7. The molecular weight excluding hydrogens is 538 g/mol. The first-order chi connectivity index (χ1) is 19.2. The summed E-state index contributed by atoms with van der Waals surface area (Å²) in [6.07, 6.45) is 1.92. The van der Waals surface area contributed by atoms with E-state index in [1.54, 1.807) is 11.0 Å². The number of hydrogen-bond acceptors (Lipinski definition) is 6. The molecule has 2 N–H and O–H groups in total. The Hall–Kier alpha value is -3.56. The van der Waals surface area contributed by atoms with Gasteiger partial charge in [0.1, 0.15) is 5.75 Å². The van der Waals surface area contributed by atoms with Gasteiger partial charge < -0.3 is 19.6 Å². The lowest BCUT2D eigenvalue weighted by Crippen LogP contribution is -2.45. The second kappa shape index (κ2) is 10.7. The van der Waals surface area contributed by atoms with Gasteiger partial charge in [0, 0.05) is 42.1 Å². The van der Waals surface area contributed by atoms with Crippen molar-refractivity contribution >= 4 is 33.0 Å². The van der Waals surface area contributed by atoms with Gasteiger partial charge in [-0.2, -0.15) is 0 Å². The minimum Gasteiger partial charge on any atom is -0.506 e. The number of phenolic OH excluding ortho intramolecular Hbond substituents is 1. The first-order valence-electron chi connectivity index (χ1n) is 14.0. The van der Waals surface area contributed by atoms with Crippen LogP contribution in [-0.2, 0) is 26.6 Å². The number of nitrogens with one attached hydrogen (secondary N) is 1. The van der Waals surface area contributed by atoms with Crippen molar-refractivity contribution in [2.45, 2.75) is 58.7 Å². The highest BCUT2D eigenvalue weighted by Crippen LogP contribution is 2.39. The van der Waals surface area contributed by atoms with Crippen LogP contribution >= 0.6 is 0 Å². The fraction of sp³-hybridized carbons (Fsp3) is 0.406. The fourth-order valence-electron chi connectivity index (χ4n) is 5.75. The lowest BCUT2D eigenvalue weighted by atomic mass is 9.84. The molecule has 0 saturated carbocycles. The van der Waals surface area contributed by atoms with Crippen LogP contribution in [0, 0.1) is 0 Å². The third kappa shape index (κ3) is 6.21. The van der Waals surface area contributed by atoms with Crippen LogP contribution in [0.3, 0.4) is 0 Å². The molecule has 0 spiro atoms. The predicted molar refractivity (Wildman–Crippen MR) is 165 cm³/mol. The maximum absolute atomic E-state index is 13.6. The van der Waals surface area contributed by atoms with Crippen LogP contribution in [0.25, 0.3) is 11.1 Å². The molecule has 218 valence electrons. The summed E-state index contributed by atoms with van der Waals surface area (Å²) in [5.74, 6) is -0.362. The predicted octanol–water partition coefficient (Wildman–Crippen LogP) is 5.54. The molecular formula is C32H39N3O5S. The van der Waals surface area contributed by atoms with Crippen LogP contribution in [-0.4, -0.2) is 57.5 Å². The average molecular weight is 578 g/mol. The molecule has 5 rings (SSSR count). The van der Waals surface area contributed by atoms with E-state index in [2.05, 4.69) is 68.5 Å². The van der Waals surface area contributed by atoms with E-state index >= 15 is 0 Å². The van der Waals surface area contributed by atoms with Crippen molar-refractivity contribution in [3.63, 3.8) is 0 Å². The molecule has 41 heavy (non-hydrogen) atoms. The number of ether oxygens (including phenoxy) is 1. The van der Waals surface area contributed by atoms with Crippen molar-refractivity contribution in [3.05, 3.63) is 71.3 Å². The summed E-state index contributed by atoms with van der Waals surface area (Å²) in [6.45, 7) is 13.0. The monoisotopic (exact) mass is 577 g/mol. The van der Waals surface area contributed by atoms with Crippen molar-refractivity contribution in [3.8, 4) is 16.9 Å². The summed E-state index contributed by atoms with van der Waals surface area (Å²) in [5.41, 5.74) is 6.81. The number of rotatable bonds is 5. The Labute approximate surface area is 243 Å². The Morgan fingerprint density at radius 3 is 2.29 bits per heavy atom. The van der Waals surface area contributed by atoms with E-state index in [1.165, 1.54) is 23.4 Å². The molecule has 0 radical (unpaired) electrons. The van der Waals surface area contributed by atoms with Crippen molar-refractivity contribution in [1.82, 2.24) is 0 Å². The molecule has 0 aliphatic carbocycles. The lowest BCUT2D eigenvalue weighted by molar-refractivity contribution is -0.00519. The minimum absolute atomic E-state index is 0.00740. The zero-order chi connectivity index (χ0) is 29.7. The number of phenols is 1. The van der Waals surface area contributed by atoms with Crippen molar-refractivity contribution in [1.29, 1.82) is 0 Å². The van der Waals surface area contributed by atoms with Gasteiger partial charge in [0.2, 0.25) is 10.0 Å². The zero-order valence-corrected chi connectivity index (χ0v) is 25.4. The van der Waals surface area contributed by atoms with Crippen LogP contribution in [0.5, 0.6) is 5.75 Å². The van der Waals surface area contributed by atoms with Gasteiger partial charge in [0.05, 0.1) is 24.2 Å². The fourth-order valence-corrected chi connectivity index (χ4v) is 6.32. The van der Waals surface area contributed by atoms with Crippen LogP contribution in [0.1, 0.15) is 56.1 Å². The Kier molecular flexibility index (Phi) is 7.55. The molecule has 2 atom stereocenters. The Bertz CT molecular complexity index is 1590. The Morgan fingerprint density at radius 1 is 0.951 bits per heavy atom. The van der Waals surface area contributed by atoms with Crippen molar-refractivity contribution < 1.29 is 23.1 Å². The molecule has 0 unspecified atom stereocenters. The third-order valence-corrected chi connectivity index (χ3v) is 8.30. The molecule has 8 nitrogen and oxygen atoms in total. The van der Waals surface area contributed by atoms with Crippen LogP contribution in [0.2, 0.25) is 0 Å². The molecule has 3 aromatic rings. The third-order valence-electron chi connectivity index (χ3n) is 7.71. The van der Waals surface area contributed by atoms with E-state index in [9.17, 15) is 18.3 Å². The van der Waals surface area contributed by atoms with E-state index in [0.29, 0.717) is 24.2 Å². The standard InChI is InChI=1S/C32H39N3O5S/c1-20-18-34(19-21(2)40-20)29-16-24(32(3,4)5)8-11-26(29)22-7-10-27-23(15-22)13-14-35(31(27)37)25-9-12-30(36)28(17-25)33-41(6,38)39/h7-12,15-17,20-21,33,36H,13-14,18-19H2,1-6H3/t20-,21+. The summed E-state index contributed by atoms with van der Waals surface area (Å²) in [6, 6.07) is 17.2. The highest BCUT2D eigenvalue weighted by atomic mass is 32.2. The number of sulfonamides is 1. The summed E-state index contributed by atoms with van der Waals surface area (Å²) >= 11 is 0. The number of morpholine rings is 1. The van der Waals surface area contributed by atoms with Gasteiger partial charge in [-0.05, 0) is 72.7 Å². The number of amides is 1. The minimum atomic E-state index is -3.59. The number of anilines is 3. The second-order valence-electron chi connectivity index (χ2n) is 12.3. The van der Waals surface area contributed by atoms with Gasteiger partial charge in [0.25, 0.3) is 5.91 Å². The van der Waals surface area contributed by atoms with Crippen LogP contribution in [0.4, 0.5) is 17.1 Å². The quantitative estimate of drug-likeness (QED) is 0.386. The first-order valence-corrected chi connectivity index (χ1v) is 15.9. The lowest BCUT2D eigenvalue weighted by Gasteiger charge is -2.38. The SMILES string of the molecule is C[C@@H]1CN(c2cc(C(C)(C)C)ccc2-c2ccc3c(c2)CCN(c2ccc(O)c(NS(C)(=O)=O)c2)C3=O)C[C@H](C)O1.